The maximum Gasteiger partial charge on any atom is 0.263 e. The second-order valence-electron chi connectivity index (χ2n) is 5.19. The average Bonchev–Trinajstić information content (AvgIpc) is 2.64. The zero-order valence-corrected chi connectivity index (χ0v) is 14.2. The van der Waals surface area contributed by atoms with E-state index in [1.807, 2.05) is 27.7 Å². The lowest BCUT2D eigenvalue weighted by atomic mass is 10.2. The van der Waals surface area contributed by atoms with Crippen LogP contribution in [0.5, 0.6) is 0 Å². The van der Waals surface area contributed by atoms with Gasteiger partial charge in [0.05, 0.1) is 5.39 Å². The molecule has 2 heterocycles. The molecule has 2 N–H and O–H groups in total. The largest absolute Gasteiger partial charge is 0.370 e. The van der Waals surface area contributed by atoms with Crippen LogP contribution in [0.1, 0.15) is 36.8 Å². The zero-order valence-electron chi connectivity index (χ0n) is 12.6. The molecule has 0 saturated heterocycles. The highest BCUT2D eigenvalue weighted by atomic mass is 32.2. The van der Waals surface area contributed by atoms with Crippen LogP contribution in [0.4, 0.5) is 0 Å². The van der Waals surface area contributed by atoms with E-state index in [1.165, 1.54) is 23.1 Å². The van der Waals surface area contributed by atoms with Gasteiger partial charge in [0, 0.05) is 23.1 Å². The molecule has 2 rings (SSSR count). The first-order valence-corrected chi connectivity index (χ1v) is 8.56. The van der Waals surface area contributed by atoms with Crippen molar-refractivity contribution in [3.8, 4) is 0 Å². The molecule has 0 aliphatic carbocycles. The summed E-state index contributed by atoms with van der Waals surface area (Å²) in [5.74, 6) is 0.188. The molecule has 0 aliphatic heterocycles. The normalized spacial score (nSPS) is 11.5. The summed E-state index contributed by atoms with van der Waals surface area (Å²) >= 11 is 2.94. The number of nitrogens with zero attached hydrogens (tertiary/aromatic N) is 2. The van der Waals surface area contributed by atoms with Crippen molar-refractivity contribution in [2.24, 2.45) is 5.73 Å². The van der Waals surface area contributed by atoms with E-state index in [0.717, 1.165) is 15.3 Å². The number of aromatic nitrogens is 2. The van der Waals surface area contributed by atoms with Gasteiger partial charge in [-0.1, -0.05) is 11.8 Å². The Bertz CT molecular complexity index is 747. The lowest BCUT2D eigenvalue weighted by molar-refractivity contribution is -0.117. The van der Waals surface area contributed by atoms with E-state index >= 15 is 0 Å². The van der Waals surface area contributed by atoms with Gasteiger partial charge < -0.3 is 5.73 Å². The van der Waals surface area contributed by atoms with Crippen LogP contribution in [-0.2, 0) is 4.79 Å². The van der Waals surface area contributed by atoms with Crippen LogP contribution in [-0.4, -0.2) is 21.2 Å². The fourth-order valence-electron chi connectivity index (χ4n) is 2.09. The van der Waals surface area contributed by atoms with Crippen LogP contribution in [0, 0.1) is 13.8 Å². The van der Waals surface area contributed by atoms with Gasteiger partial charge in [-0.15, -0.1) is 11.3 Å². The summed E-state index contributed by atoms with van der Waals surface area (Å²) in [4.78, 5) is 30.1. The number of thiophene rings is 1. The molecule has 0 fully saturated rings. The van der Waals surface area contributed by atoms with Gasteiger partial charge in [0.1, 0.15) is 4.83 Å². The number of hydrogen-bond acceptors (Lipinski definition) is 5. The number of nitrogens with two attached hydrogens (primary N) is 1. The van der Waals surface area contributed by atoms with E-state index in [9.17, 15) is 9.59 Å². The quantitative estimate of drug-likeness (QED) is 0.677. The number of amides is 1. The summed E-state index contributed by atoms with van der Waals surface area (Å²) in [5, 5.41) is 1.37. The van der Waals surface area contributed by atoms with Crippen molar-refractivity contribution in [3.05, 3.63) is 20.8 Å². The predicted molar refractivity (Wildman–Crippen MR) is 88.3 cm³/mol. The number of carbonyl (C=O) groups excluding carboxylic acids is 1. The Hall–Kier alpha value is -1.34. The van der Waals surface area contributed by atoms with Gasteiger partial charge >= 0.3 is 0 Å². The Morgan fingerprint density at radius 2 is 2.10 bits per heavy atom. The van der Waals surface area contributed by atoms with E-state index in [-0.39, 0.29) is 23.9 Å². The maximum absolute atomic E-state index is 12.7. The van der Waals surface area contributed by atoms with Gasteiger partial charge in [-0.05, 0) is 33.3 Å². The molecule has 7 heteroatoms. The molecule has 114 valence electrons. The maximum atomic E-state index is 12.7. The van der Waals surface area contributed by atoms with Crippen molar-refractivity contribution < 1.29 is 4.79 Å². The number of rotatable bonds is 5. The Kier molecular flexibility index (Phi) is 4.73. The molecule has 21 heavy (non-hydrogen) atoms. The zero-order chi connectivity index (χ0) is 15.7. The van der Waals surface area contributed by atoms with Crippen molar-refractivity contribution in [3.63, 3.8) is 0 Å². The minimum absolute atomic E-state index is 0.00146. The fourth-order valence-corrected chi connectivity index (χ4v) is 4.24. The van der Waals surface area contributed by atoms with Crippen LogP contribution >= 0.6 is 23.1 Å². The van der Waals surface area contributed by atoms with Gasteiger partial charge in [-0.2, -0.15) is 0 Å². The molecule has 0 bridgehead atoms. The van der Waals surface area contributed by atoms with Gasteiger partial charge in [0.2, 0.25) is 5.91 Å². The molecule has 2 aromatic heterocycles. The predicted octanol–water partition coefficient (Wildman–Crippen LogP) is 2.62. The number of primary amides is 1. The van der Waals surface area contributed by atoms with Gasteiger partial charge in [0.25, 0.3) is 5.56 Å². The first-order chi connectivity index (χ1) is 9.82. The summed E-state index contributed by atoms with van der Waals surface area (Å²) in [6.07, 6.45) is 0.277. The van der Waals surface area contributed by atoms with Crippen molar-refractivity contribution in [2.45, 2.75) is 45.3 Å². The molecule has 2 aromatic rings. The van der Waals surface area contributed by atoms with Crippen molar-refractivity contribution in [2.75, 3.05) is 5.75 Å². The van der Waals surface area contributed by atoms with E-state index in [1.54, 1.807) is 4.57 Å². The Balaban J connectivity index is 2.56. The Morgan fingerprint density at radius 3 is 2.67 bits per heavy atom. The molecule has 0 aliphatic rings. The van der Waals surface area contributed by atoms with Crippen LogP contribution in [0.2, 0.25) is 0 Å². The van der Waals surface area contributed by atoms with Crippen molar-refractivity contribution in [1.82, 2.24) is 9.55 Å². The number of carbonyl (C=O) groups is 1. The van der Waals surface area contributed by atoms with Crippen LogP contribution in [0.15, 0.2) is 9.95 Å². The molecule has 0 spiro atoms. The lowest BCUT2D eigenvalue weighted by Crippen LogP contribution is -2.25. The number of fused-ring (bicyclic) bond motifs is 1. The van der Waals surface area contributed by atoms with Gasteiger partial charge in [-0.3, -0.25) is 14.2 Å². The molecule has 0 aromatic carbocycles. The minimum atomic E-state index is -0.343. The lowest BCUT2D eigenvalue weighted by Gasteiger charge is -2.15. The molecule has 0 radical (unpaired) electrons. The summed E-state index contributed by atoms with van der Waals surface area (Å²) in [6.45, 7) is 7.88. The Morgan fingerprint density at radius 1 is 1.43 bits per heavy atom. The minimum Gasteiger partial charge on any atom is -0.370 e. The highest BCUT2D eigenvalue weighted by molar-refractivity contribution is 7.99. The summed E-state index contributed by atoms with van der Waals surface area (Å²) < 4.78 is 1.70. The first-order valence-electron chi connectivity index (χ1n) is 6.76. The fraction of sp³-hybridized carbons (Fsp3) is 0.500. The third-order valence-corrected chi connectivity index (χ3v) is 5.35. The number of aryl methyl sites for hydroxylation is 2. The van der Waals surface area contributed by atoms with E-state index in [2.05, 4.69) is 4.98 Å². The smallest absolute Gasteiger partial charge is 0.263 e. The summed E-state index contributed by atoms with van der Waals surface area (Å²) in [7, 11) is 0. The molecule has 5 nitrogen and oxygen atoms in total. The average molecular weight is 325 g/mol. The third-order valence-electron chi connectivity index (χ3n) is 3.30. The molecular weight excluding hydrogens is 306 g/mol. The number of hydrogen-bond donors (Lipinski definition) is 1. The summed E-state index contributed by atoms with van der Waals surface area (Å²) in [5.41, 5.74) is 6.17. The second-order valence-corrected chi connectivity index (χ2v) is 7.46. The SMILES string of the molecule is Cc1sc2nc(SCCC(N)=O)n(C(C)C)c(=O)c2c1C. The van der Waals surface area contributed by atoms with E-state index in [4.69, 9.17) is 5.73 Å². The number of thioether (sulfide) groups is 1. The van der Waals surface area contributed by atoms with Crippen molar-refractivity contribution in [1.29, 1.82) is 0 Å². The van der Waals surface area contributed by atoms with Gasteiger partial charge in [-0.25, -0.2) is 4.98 Å². The van der Waals surface area contributed by atoms with Crippen molar-refractivity contribution >= 4 is 39.2 Å². The van der Waals surface area contributed by atoms with Gasteiger partial charge in [0.15, 0.2) is 5.16 Å². The topological polar surface area (TPSA) is 78.0 Å². The molecular formula is C14H19N3O2S2. The van der Waals surface area contributed by atoms with Crippen LogP contribution in [0.3, 0.4) is 0 Å². The highest BCUT2D eigenvalue weighted by Crippen LogP contribution is 2.29. The second kappa shape index (κ2) is 6.19. The van der Waals surface area contributed by atoms with E-state index < -0.39 is 0 Å². The molecule has 0 unspecified atom stereocenters. The monoisotopic (exact) mass is 325 g/mol. The van der Waals surface area contributed by atoms with Crippen LogP contribution < -0.4 is 11.3 Å². The standard InChI is InChI=1S/C14H19N3O2S2/c1-7(2)17-13(19)11-8(3)9(4)21-12(11)16-14(17)20-6-5-10(15)18/h7H,5-6H2,1-4H3,(H2,15,18). The third kappa shape index (κ3) is 3.13. The van der Waals surface area contributed by atoms with Crippen LogP contribution in [0.25, 0.3) is 10.2 Å². The highest BCUT2D eigenvalue weighted by Gasteiger charge is 2.18. The Labute approximate surface area is 131 Å². The molecule has 0 atom stereocenters. The molecule has 1 amide bonds. The van der Waals surface area contributed by atoms with E-state index in [0.29, 0.717) is 16.3 Å². The summed E-state index contributed by atoms with van der Waals surface area (Å²) in [6, 6.07) is 0.0186. The first kappa shape index (κ1) is 16.0. The molecule has 0 saturated carbocycles.